The summed E-state index contributed by atoms with van der Waals surface area (Å²) >= 11 is 0. The molecule has 2 saturated carbocycles. The second-order valence-electron chi connectivity index (χ2n) is 13.9. The zero-order valence-corrected chi connectivity index (χ0v) is 26.3. The summed E-state index contributed by atoms with van der Waals surface area (Å²) in [5, 5.41) is 2.89. The lowest BCUT2D eigenvalue weighted by molar-refractivity contribution is -0.140. The molecule has 1 aromatic heterocycles. The summed E-state index contributed by atoms with van der Waals surface area (Å²) in [6.45, 7) is 5.52. The summed E-state index contributed by atoms with van der Waals surface area (Å²) in [6, 6.07) is 3.00. The first-order chi connectivity index (χ1) is 21.4. The Labute approximate surface area is 261 Å². The van der Waals surface area contributed by atoms with Crippen LogP contribution in [0.3, 0.4) is 0 Å². The Hall–Kier alpha value is -3.57. The fourth-order valence-electron chi connectivity index (χ4n) is 7.52. The van der Waals surface area contributed by atoms with Gasteiger partial charge in [0.15, 0.2) is 5.69 Å². The second-order valence-corrected chi connectivity index (χ2v) is 13.9. The normalized spacial score (nSPS) is 33.1. The third-order valence-corrected chi connectivity index (χ3v) is 10.7. The number of halogens is 2. The zero-order valence-electron chi connectivity index (χ0n) is 26.3. The Morgan fingerprint density at radius 1 is 1.07 bits per heavy atom. The van der Waals surface area contributed by atoms with Gasteiger partial charge in [-0.1, -0.05) is 33.1 Å². The summed E-state index contributed by atoms with van der Waals surface area (Å²) in [5.41, 5.74) is -1.22. The topological polar surface area (TPSA) is 120 Å². The molecule has 2 amide bonds. The van der Waals surface area contributed by atoms with Crippen LogP contribution in [-0.2, 0) is 20.2 Å². The number of methoxy groups -OCH3 is 1. The average Bonchev–Trinajstić information content (AvgIpc) is 3.26. The van der Waals surface area contributed by atoms with E-state index in [0.717, 1.165) is 25.7 Å². The number of fused-ring (bicyclic) bond motifs is 5. The van der Waals surface area contributed by atoms with Crippen molar-refractivity contribution in [2.24, 2.45) is 17.3 Å². The highest BCUT2D eigenvalue weighted by molar-refractivity contribution is 5.89. The quantitative estimate of drug-likeness (QED) is 0.440. The number of carbonyl (C=O) groups excluding carboxylic acids is 3. The molecule has 1 saturated heterocycles. The average molecular weight is 629 g/mol. The molecule has 1 N–H and O–H groups in total. The van der Waals surface area contributed by atoms with Crippen LogP contribution in [0.4, 0.5) is 13.6 Å². The third-order valence-electron chi connectivity index (χ3n) is 10.7. The lowest BCUT2D eigenvalue weighted by atomic mass is 9.79. The number of nitrogens with one attached hydrogen (secondary N) is 1. The molecular formula is C33H42F2N4O6. The van der Waals surface area contributed by atoms with E-state index in [0.29, 0.717) is 36.8 Å². The minimum Gasteiger partial charge on any atom is -0.497 e. The van der Waals surface area contributed by atoms with Gasteiger partial charge >= 0.3 is 6.09 Å². The number of aldehydes is 1. The van der Waals surface area contributed by atoms with Crippen molar-refractivity contribution in [1.29, 1.82) is 0 Å². The standard InChI is InChI=1S/C33H42F2N4O6/c1-19-24(18-40)39-17-25(19)44-28-26(36-22-11-10-21(43-4)15-23(22)37-28)33(34,35)14-6-5-9-20-16-32(20,3)45-30(42)38-27(29(39)41)31(2)12-7-8-13-31/h10-11,15,18-20,24-25,27H,5-9,12-14,16-17H2,1-4H3,(H,38,42)/t19-,20+,24+,25-,27+,32+/m0/s1. The molecule has 6 rings (SSSR count). The number of benzene rings is 1. The lowest BCUT2D eigenvalue weighted by Gasteiger charge is -2.37. The molecule has 244 valence electrons. The van der Waals surface area contributed by atoms with Crippen molar-refractivity contribution < 1.29 is 37.4 Å². The number of aromatic nitrogens is 2. The largest absolute Gasteiger partial charge is 0.497 e. The maximum atomic E-state index is 15.9. The lowest BCUT2D eigenvalue weighted by Crippen LogP contribution is -2.57. The fraction of sp³-hybridized carbons (Fsp3) is 0.667. The predicted molar refractivity (Wildman–Crippen MR) is 160 cm³/mol. The number of nitrogens with zero attached hydrogens (tertiary/aromatic N) is 3. The summed E-state index contributed by atoms with van der Waals surface area (Å²) in [7, 11) is 1.50. The summed E-state index contributed by atoms with van der Waals surface area (Å²) < 4.78 is 49.3. The molecule has 12 heteroatoms. The predicted octanol–water partition coefficient (Wildman–Crippen LogP) is 5.55. The molecular weight excluding hydrogens is 586 g/mol. The molecule has 2 aliphatic heterocycles. The molecule has 2 aliphatic carbocycles. The molecule has 0 spiro atoms. The number of amides is 2. The van der Waals surface area contributed by atoms with E-state index >= 15 is 8.78 Å². The van der Waals surface area contributed by atoms with Gasteiger partial charge in [0.05, 0.1) is 30.7 Å². The molecule has 2 bridgehead atoms. The molecule has 45 heavy (non-hydrogen) atoms. The summed E-state index contributed by atoms with van der Waals surface area (Å²) in [6.07, 6.45) is 4.00. The van der Waals surface area contributed by atoms with Crippen molar-refractivity contribution >= 4 is 29.3 Å². The number of alkyl carbamates (subject to hydrolysis) is 1. The maximum Gasteiger partial charge on any atom is 0.408 e. The van der Waals surface area contributed by atoms with Crippen molar-refractivity contribution in [2.45, 2.75) is 108 Å². The molecule has 0 radical (unpaired) electrons. The Bertz CT molecular complexity index is 1480. The van der Waals surface area contributed by atoms with Gasteiger partial charge in [-0.2, -0.15) is 8.78 Å². The maximum absolute atomic E-state index is 15.9. The smallest absolute Gasteiger partial charge is 0.408 e. The molecule has 3 fully saturated rings. The number of hydrogen-bond acceptors (Lipinski definition) is 8. The highest BCUT2D eigenvalue weighted by atomic mass is 19.3. The molecule has 10 nitrogen and oxygen atoms in total. The molecule has 0 unspecified atom stereocenters. The first-order valence-electron chi connectivity index (χ1n) is 16.0. The van der Waals surface area contributed by atoms with E-state index < -0.39 is 65.2 Å². The van der Waals surface area contributed by atoms with Crippen molar-refractivity contribution in [1.82, 2.24) is 20.2 Å². The Balaban J connectivity index is 1.40. The number of rotatable bonds is 3. The number of ether oxygens (including phenoxy) is 3. The molecule has 2 aromatic rings. The van der Waals surface area contributed by atoms with E-state index in [-0.39, 0.29) is 30.3 Å². The number of carbonyl (C=O) groups is 3. The van der Waals surface area contributed by atoms with Crippen molar-refractivity contribution in [3.05, 3.63) is 23.9 Å². The second kappa shape index (κ2) is 11.7. The Morgan fingerprint density at radius 3 is 2.51 bits per heavy atom. The monoisotopic (exact) mass is 628 g/mol. The van der Waals surface area contributed by atoms with Gasteiger partial charge in [-0.05, 0) is 56.6 Å². The minimum absolute atomic E-state index is 0.0425. The summed E-state index contributed by atoms with van der Waals surface area (Å²) in [5.74, 6) is -4.11. The molecule has 6 atom stereocenters. The van der Waals surface area contributed by atoms with Gasteiger partial charge in [0, 0.05) is 24.3 Å². The SMILES string of the molecule is COc1ccc2nc3c(nc2c1)O[C@H]1CN(C(=O)[C@H](C2(C)CCCC2)NC(=O)O[C@]2(C)C[C@H]2CCCCC3(F)F)[C@H](C=O)[C@@H]1C. The van der Waals surface area contributed by atoms with Crippen molar-refractivity contribution in [3.63, 3.8) is 0 Å². The zero-order chi connectivity index (χ0) is 32.1. The number of alkyl halides is 2. The van der Waals surface area contributed by atoms with E-state index in [9.17, 15) is 14.4 Å². The van der Waals surface area contributed by atoms with Crippen LogP contribution in [0.25, 0.3) is 11.0 Å². The van der Waals surface area contributed by atoms with Gasteiger partial charge in [-0.3, -0.25) is 4.79 Å². The van der Waals surface area contributed by atoms with Crippen LogP contribution >= 0.6 is 0 Å². The van der Waals surface area contributed by atoms with Crippen LogP contribution in [0, 0.1) is 17.3 Å². The van der Waals surface area contributed by atoms with Crippen LogP contribution in [-0.4, -0.2) is 70.6 Å². The van der Waals surface area contributed by atoms with Gasteiger partial charge in [0.2, 0.25) is 11.8 Å². The molecule has 4 aliphatic rings. The van der Waals surface area contributed by atoms with E-state index in [4.69, 9.17) is 14.2 Å². The van der Waals surface area contributed by atoms with Crippen LogP contribution in [0.1, 0.15) is 84.3 Å². The van der Waals surface area contributed by atoms with Gasteiger partial charge < -0.3 is 29.2 Å². The van der Waals surface area contributed by atoms with Gasteiger partial charge in [-0.15, -0.1) is 0 Å². The number of hydrogen-bond donors (Lipinski definition) is 1. The minimum atomic E-state index is -3.35. The van der Waals surface area contributed by atoms with Gasteiger partial charge in [-0.25, -0.2) is 14.8 Å². The van der Waals surface area contributed by atoms with Gasteiger partial charge in [0.1, 0.15) is 29.8 Å². The van der Waals surface area contributed by atoms with Gasteiger partial charge in [0.25, 0.3) is 5.92 Å². The van der Waals surface area contributed by atoms with Crippen molar-refractivity contribution in [3.8, 4) is 11.6 Å². The van der Waals surface area contributed by atoms with E-state index in [1.165, 1.54) is 12.0 Å². The highest BCUT2D eigenvalue weighted by Gasteiger charge is 2.55. The third kappa shape index (κ3) is 5.92. The summed E-state index contributed by atoms with van der Waals surface area (Å²) in [4.78, 5) is 50.2. The highest BCUT2D eigenvalue weighted by Crippen LogP contribution is 2.50. The van der Waals surface area contributed by atoms with E-state index in [1.54, 1.807) is 25.1 Å². The Kier molecular flexibility index (Phi) is 8.14. The van der Waals surface area contributed by atoms with Crippen LogP contribution in [0.15, 0.2) is 18.2 Å². The Morgan fingerprint density at radius 2 is 1.80 bits per heavy atom. The first-order valence-corrected chi connectivity index (χ1v) is 16.0. The van der Waals surface area contributed by atoms with Crippen molar-refractivity contribution in [2.75, 3.05) is 13.7 Å². The van der Waals surface area contributed by atoms with Crippen LogP contribution < -0.4 is 14.8 Å². The van der Waals surface area contributed by atoms with Crippen LogP contribution in [0.2, 0.25) is 0 Å². The fourth-order valence-corrected chi connectivity index (χ4v) is 7.52. The molecule has 1 aromatic carbocycles. The molecule has 3 heterocycles. The van der Waals surface area contributed by atoms with E-state index in [1.807, 2.05) is 13.8 Å². The first kappa shape index (κ1) is 31.4. The van der Waals surface area contributed by atoms with E-state index in [2.05, 4.69) is 15.3 Å². The van der Waals surface area contributed by atoms with Crippen LogP contribution in [0.5, 0.6) is 11.6 Å².